The summed E-state index contributed by atoms with van der Waals surface area (Å²) in [4.78, 5) is 13.5. The lowest BCUT2D eigenvalue weighted by Crippen LogP contribution is -2.51. The van der Waals surface area contributed by atoms with Gasteiger partial charge in [-0.1, -0.05) is 36.4 Å². The molecule has 0 aromatic heterocycles. The fourth-order valence-electron chi connectivity index (χ4n) is 3.54. The van der Waals surface area contributed by atoms with E-state index in [-0.39, 0.29) is 6.04 Å². The quantitative estimate of drug-likeness (QED) is 0.484. The molecule has 33 heavy (non-hydrogen) atoms. The molecule has 0 aliphatic rings. The van der Waals surface area contributed by atoms with Crippen LogP contribution in [0.25, 0.3) is 0 Å². The number of hydrazine groups is 1. The van der Waals surface area contributed by atoms with Gasteiger partial charge in [0.05, 0.1) is 27.4 Å². The molecular weight excluding hydrogens is 420 g/mol. The maximum Gasteiger partial charge on any atom is 0.275 e. The van der Waals surface area contributed by atoms with Crippen LogP contribution in [0.5, 0.6) is 17.2 Å². The lowest BCUT2D eigenvalue weighted by Gasteiger charge is -2.33. The summed E-state index contributed by atoms with van der Waals surface area (Å²) in [7, 11) is 6.50. The highest BCUT2D eigenvalue weighted by Crippen LogP contribution is 2.33. The van der Waals surface area contributed by atoms with Crippen LogP contribution in [-0.2, 0) is 10.4 Å². The minimum atomic E-state index is -1.94. The Bertz CT molecular complexity index is 1000. The zero-order valence-electron chi connectivity index (χ0n) is 19.5. The molecule has 2 N–H and O–H groups in total. The predicted octanol–water partition coefficient (Wildman–Crippen LogP) is 3.67. The number of rotatable bonds is 9. The van der Waals surface area contributed by atoms with Crippen LogP contribution in [0.4, 0.5) is 0 Å². The summed E-state index contributed by atoms with van der Waals surface area (Å²) >= 11 is 0. The van der Waals surface area contributed by atoms with E-state index in [2.05, 4.69) is 5.43 Å². The SMILES string of the molecule is COc1ccc([C@@H](C)N(C)NC(=O)C(O)(c2ccc(OC)cc2)c2ccc(OC)cc2)cc1. The number of carbonyl (C=O) groups is 1. The van der Waals surface area contributed by atoms with Crippen molar-refractivity contribution in [3.63, 3.8) is 0 Å². The zero-order valence-corrected chi connectivity index (χ0v) is 19.5. The fraction of sp³-hybridized carbons (Fsp3) is 0.269. The number of ether oxygens (including phenoxy) is 3. The van der Waals surface area contributed by atoms with Gasteiger partial charge in [0.15, 0.2) is 5.60 Å². The summed E-state index contributed by atoms with van der Waals surface area (Å²) in [5.41, 5.74) is 2.72. The average Bonchev–Trinajstić information content (AvgIpc) is 2.87. The van der Waals surface area contributed by atoms with E-state index in [4.69, 9.17) is 14.2 Å². The minimum Gasteiger partial charge on any atom is -0.497 e. The number of amides is 1. The molecule has 0 aliphatic heterocycles. The Hall–Kier alpha value is -3.55. The maximum atomic E-state index is 13.5. The third kappa shape index (κ3) is 5.10. The van der Waals surface area contributed by atoms with Crippen molar-refractivity contribution in [2.75, 3.05) is 28.4 Å². The normalized spacial score (nSPS) is 12.2. The van der Waals surface area contributed by atoms with Crippen LogP contribution in [0.2, 0.25) is 0 Å². The fourth-order valence-corrected chi connectivity index (χ4v) is 3.54. The monoisotopic (exact) mass is 450 g/mol. The summed E-state index contributed by atoms with van der Waals surface area (Å²) in [5, 5.41) is 13.5. The number of nitrogens with zero attached hydrogens (tertiary/aromatic N) is 1. The van der Waals surface area contributed by atoms with E-state index < -0.39 is 11.5 Å². The first-order valence-electron chi connectivity index (χ1n) is 10.5. The third-order valence-corrected chi connectivity index (χ3v) is 5.80. The first-order valence-corrected chi connectivity index (χ1v) is 10.5. The smallest absolute Gasteiger partial charge is 0.275 e. The Morgan fingerprint density at radius 1 is 0.788 bits per heavy atom. The molecule has 7 nitrogen and oxygen atoms in total. The van der Waals surface area contributed by atoms with Gasteiger partial charge in [0.25, 0.3) is 5.91 Å². The molecule has 0 fully saturated rings. The number of benzene rings is 3. The topological polar surface area (TPSA) is 80.3 Å². The Morgan fingerprint density at radius 3 is 1.52 bits per heavy atom. The number of hydrogen-bond donors (Lipinski definition) is 2. The number of nitrogens with one attached hydrogen (secondary N) is 1. The molecular formula is C26H30N2O5. The van der Waals surface area contributed by atoms with Crippen LogP contribution < -0.4 is 19.6 Å². The van der Waals surface area contributed by atoms with Gasteiger partial charge in [0.2, 0.25) is 0 Å². The molecule has 3 aromatic rings. The largest absolute Gasteiger partial charge is 0.497 e. The van der Waals surface area contributed by atoms with Crippen LogP contribution >= 0.6 is 0 Å². The molecule has 0 radical (unpaired) electrons. The molecule has 3 aromatic carbocycles. The van der Waals surface area contributed by atoms with E-state index in [9.17, 15) is 9.90 Å². The van der Waals surface area contributed by atoms with Crippen molar-refractivity contribution in [2.24, 2.45) is 0 Å². The molecule has 0 aliphatic carbocycles. The van der Waals surface area contributed by atoms with Gasteiger partial charge < -0.3 is 19.3 Å². The van der Waals surface area contributed by atoms with E-state index in [0.717, 1.165) is 11.3 Å². The van der Waals surface area contributed by atoms with Gasteiger partial charge in [-0.3, -0.25) is 10.2 Å². The zero-order chi connectivity index (χ0) is 24.0. The molecule has 7 heteroatoms. The van der Waals surface area contributed by atoms with Crippen molar-refractivity contribution >= 4 is 5.91 Å². The van der Waals surface area contributed by atoms with Crippen molar-refractivity contribution in [1.82, 2.24) is 10.4 Å². The second kappa shape index (κ2) is 10.4. The van der Waals surface area contributed by atoms with Gasteiger partial charge in [-0.25, -0.2) is 5.01 Å². The third-order valence-electron chi connectivity index (χ3n) is 5.80. The molecule has 0 saturated carbocycles. The summed E-state index contributed by atoms with van der Waals surface area (Å²) in [6.45, 7) is 1.96. The molecule has 0 unspecified atom stereocenters. The van der Waals surface area contributed by atoms with Gasteiger partial charge in [0.1, 0.15) is 17.2 Å². The molecule has 0 bridgehead atoms. The molecule has 0 heterocycles. The Labute approximate surface area is 194 Å². The highest BCUT2D eigenvalue weighted by Gasteiger charge is 2.41. The van der Waals surface area contributed by atoms with Crippen molar-refractivity contribution in [3.8, 4) is 17.2 Å². The first kappa shape index (κ1) is 24.1. The minimum absolute atomic E-state index is 0.157. The molecule has 1 amide bonds. The molecule has 174 valence electrons. The van der Waals surface area contributed by atoms with Crippen LogP contribution in [0.15, 0.2) is 72.8 Å². The lowest BCUT2D eigenvalue weighted by atomic mass is 9.85. The van der Waals surface area contributed by atoms with Crippen molar-refractivity contribution < 1.29 is 24.1 Å². The highest BCUT2D eigenvalue weighted by molar-refractivity contribution is 5.89. The standard InChI is InChI=1S/C26H30N2O5/c1-18(19-6-12-22(31-3)13-7-19)28(2)27-25(29)26(30,20-8-14-23(32-4)15-9-20)21-10-16-24(33-5)17-11-21/h6-18,30H,1-5H3,(H,27,29)/t18-/m1/s1. The van der Waals surface area contributed by atoms with E-state index in [0.29, 0.717) is 22.6 Å². The second-order valence-electron chi connectivity index (χ2n) is 7.67. The number of hydrogen-bond acceptors (Lipinski definition) is 6. The van der Waals surface area contributed by atoms with Gasteiger partial charge >= 0.3 is 0 Å². The summed E-state index contributed by atoms with van der Waals surface area (Å²) in [5.74, 6) is 1.43. The maximum absolute atomic E-state index is 13.5. The van der Waals surface area contributed by atoms with Crippen molar-refractivity contribution in [1.29, 1.82) is 0 Å². The Kier molecular flexibility index (Phi) is 7.58. The van der Waals surface area contributed by atoms with Gasteiger partial charge in [-0.15, -0.1) is 0 Å². The van der Waals surface area contributed by atoms with Crippen LogP contribution in [0.1, 0.15) is 29.7 Å². The molecule has 0 saturated heterocycles. The van der Waals surface area contributed by atoms with E-state index in [1.165, 1.54) is 0 Å². The summed E-state index contributed by atoms with van der Waals surface area (Å²) < 4.78 is 15.7. The van der Waals surface area contributed by atoms with Crippen LogP contribution in [0, 0.1) is 0 Å². The molecule has 1 atom stereocenters. The van der Waals surface area contributed by atoms with E-state index in [1.807, 2.05) is 31.2 Å². The highest BCUT2D eigenvalue weighted by atomic mass is 16.5. The van der Waals surface area contributed by atoms with Crippen LogP contribution in [0.3, 0.4) is 0 Å². The lowest BCUT2D eigenvalue weighted by molar-refractivity contribution is -0.142. The van der Waals surface area contributed by atoms with Crippen molar-refractivity contribution in [2.45, 2.75) is 18.6 Å². The van der Waals surface area contributed by atoms with Gasteiger partial charge in [-0.05, 0) is 60.0 Å². The van der Waals surface area contributed by atoms with E-state index >= 15 is 0 Å². The number of methoxy groups -OCH3 is 3. The number of aliphatic hydroxyl groups is 1. The predicted molar refractivity (Wildman–Crippen MR) is 126 cm³/mol. The van der Waals surface area contributed by atoms with Gasteiger partial charge in [-0.2, -0.15) is 0 Å². The average molecular weight is 451 g/mol. The number of carbonyl (C=O) groups excluding carboxylic acids is 1. The first-order chi connectivity index (χ1) is 15.8. The van der Waals surface area contributed by atoms with E-state index in [1.54, 1.807) is 81.9 Å². The van der Waals surface area contributed by atoms with Crippen molar-refractivity contribution in [3.05, 3.63) is 89.5 Å². The van der Waals surface area contributed by atoms with Gasteiger partial charge in [0, 0.05) is 7.05 Å². The molecule has 0 spiro atoms. The molecule has 3 rings (SSSR count). The summed E-state index contributed by atoms with van der Waals surface area (Å²) in [6, 6.07) is 21.0. The summed E-state index contributed by atoms with van der Waals surface area (Å²) in [6.07, 6.45) is 0. The Morgan fingerprint density at radius 2 is 1.15 bits per heavy atom. The second-order valence-corrected chi connectivity index (χ2v) is 7.67. The van der Waals surface area contributed by atoms with Crippen LogP contribution in [-0.4, -0.2) is 44.4 Å². The Balaban J connectivity index is 1.92.